The molecule has 2 aromatic rings. The number of hydrogen-bond acceptors (Lipinski definition) is 8. The molecule has 3 aliphatic heterocycles. The molecule has 2 bridgehead atoms. The van der Waals surface area contributed by atoms with Crippen LogP contribution < -0.4 is 15.1 Å². The normalized spacial score (nSPS) is 24.0. The summed E-state index contributed by atoms with van der Waals surface area (Å²) >= 11 is 0. The molecule has 1 spiro atoms. The lowest BCUT2D eigenvalue weighted by atomic mass is 9.70. The van der Waals surface area contributed by atoms with Crippen molar-refractivity contribution in [2.75, 3.05) is 49.1 Å². The van der Waals surface area contributed by atoms with E-state index in [-0.39, 0.29) is 56.8 Å². The van der Waals surface area contributed by atoms with Crippen molar-refractivity contribution in [3.05, 3.63) is 85.5 Å². The first kappa shape index (κ1) is 36.8. The van der Waals surface area contributed by atoms with Gasteiger partial charge in [0.1, 0.15) is 17.7 Å². The minimum absolute atomic E-state index is 0.0566. The van der Waals surface area contributed by atoms with Gasteiger partial charge in [-0.3, -0.25) is 19.2 Å². The summed E-state index contributed by atoms with van der Waals surface area (Å²) in [5, 5.41) is 12.6. The molecular weight excluding hydrogens is 636 g/mol. The van der Waals surface area contributed by atoms with E-state index < -0.39 is 41.7 Å². The van der Waals surface area contributed by atoms with E-state index in [1.807, 2.05) is 54.6 Å². The number of aliphatic hydroxyl groups is 1. The maximum absolute atomic E-state index is 14.7. The van der Waals surface area contributed by atoms with Gasteiger partial charge in [-0.25, -0.2) is 0 Å². The van der Waals surface area contributed by atoms with Gasteiger partial charge in [-0.05, 0) is 69.4 Å². The zero-order chi connectivity index (χ0) is 35.8. The number of carbonyl (C=O) groups is 4. The number of benzene rings is 2. The lowest BCUT2D eigenvalue weighted by Gasteiger charge is -2.37. The highest BCUT2D eigenvalue weighted by molar-refractivity contribution is 6.04. The van der Waals surface area contributed by atoms with Crippen molar-refractivity contribution in [2.24, 2.45) is 11.8 Å². The molecular formula is C39H50N4O7. The second-order valence-electron chi connectivity index (χ2n) is 13.1. The van der Waals surface area contributed by atoms with Crippen LogP contribution in [-0.2, 0) is 28.7 Å². The topological polar surface area (TPSA) is 129 Å². The predicted octanol–water partition coefficient (Wildman–Crippen LogP) is 4.18. The molecule has 50 heavy (non-hydrogen) atoms. The van der Waals surface area contributed by atoms with Gasteiger partial charge in [-0.2, -0.15) is 0 Å². The summed E-state index contributed by atoms with van der Waals surface area (Å²) in [6, 6.07) is 15.9. The lowest BCUT2D eigenvalue weighted by molar-refractivity contribution is -0.160. The number of hydrogen-bond donors (Lipinski definition) is 2. The largest absolute Gasteiger partial charge is 0.455 e. The third-order valence-corrected chi connectivity index (χ3v) is 10.2. The molecule has 0 unspecified atom stereocenters. The number of nitrogens with one attached hydrogen (secondary N) is 1. The van der Waals surface area contributed by atoms with Crippen molar-refractivity contribution in [1.29, 1.82) is 0 Å². The number of nitrogens with zero attached hydrogens (tertiary/aromatic N) is 3. The fourth-order valence-corrected chi connectivity index (χ4v) is 7.86. The Kier molecular flexibility index (Phi) is 12.1. The maximum atomic E-state index is 14.7. The minimum atomic E-state index is -1.24. The monoisotopic (exact) mass is 686 g/mol. The molecule has 11 heteroatoms. The Hall–Kier alpha value is -4.48. The average molecular weight is 687 g/mol. The van der Waals surface area contributed by atoms with Gasteiger partial charge in [0.05, 0.1) is 24.5 Å². The van der Waals surface area contributed by atoms with E-state index in [9.17, 15) is 24.3 Å². The summed E-state index contributed by atoms with van der Waals surface area (Å²) < 4.78 is 12.7. The van der Waals surface area contributed by atoms with Crippen LogP contribution >= 0.6 is 0 Å². The van der Waals surface area contributed by atoms with E-state index in [2.05, 4.69) is 37.2 Å². The van der Waals surface area contributed by atoms with Gasteiger partial charge in [-0.1, -0.05) is 42.5 Å². The number of amides is 3. The van der Waals surface area contributed by atoms with Gasteiger partial charge in [0, 0.05) is 50.6 Å². The van der Waals surface area contributed by atoms with Crippen molar-refractivity contribution >= 4 is 35.1 Å². The highest BCUT2D eigenvalue weighted by atomic mass is 16.6. The predicted molar refractivity (Wildman–Crippen MR) is 191 cm³/mol. The summed E-state index contributed by atoms with van der Waals surface area (Å²) in [5.74, 6) is -3.35. The highest BCUT2D eigenvalue weighted by Crippen LogP contribution is 2.59. The molecule has 3 fully saturated rings. The maximum Gasteiger partial charge on any atom is 0.313 e. The Bertz CT molecular complexity index is 1530. The molecule has 0 aromatic heterocycles. The van der Waals surface area contributed by atoms with E-state index in [4.69, 9.17) is 9.47 Å². The SMILES string of the molecule is C=CCCC(=O)NC[C@@H](OC(=O)[C@@H]1[C@H]2C(=O)N(CCCO)[C@H](C(=O)N(CC=C)c3ccc(N(CC)CC)cc3)[C@]23CC[C@H]1O3)c1ccccc1. The van der Waals surface area contributed by atoms with Crippen molar-refractivity contribution in [3.8, 4) is 0 Å². The molecule has 11 nitrogen and oxygen atoms in total. The molecule has 2 N–H and O–H groups in total. The number of esters is 1. The Labute approximate surface area is 294 Å². The van der Waals surface area contributed by atoms with E-state index in [0.29, 0.717) is 30.5 Å². The third-order valence-electron chi connectivity index (χ3n) is 10.2. The summed E-state index contributed by atoms with van der Waals surface area (Å²) in [7, 11) is 0. The van der Waals surface area contributed by atoms with Gasteiger partial charge in [0.2, 0.25) is 11.8 Å². The van der Waals surface area contributed by atoms with E-state index in [0.717, 1.165) is 18.8 Å². The Morgan fingerprint density at radius 3 is 2.42 bits per heavy atom. The van der Waals surface area contributed by atoms with Crippen molar-refractivity contribution < 1.29 is 33.8 Å². The summed E-state index contributed by atoms with van der Waals surface area (Å²) in [5.41, 5.74) is 1.16. The van der Waals surface area contributed by atoms with Crippen LogP contribution in [-0.4, -0.2) is 90.8 Å². The van der Waals surface area contributed by atoms with Gasteiger partial charge in [0.15, 0.2) is 0 Å². The van der Waals surface area contributed by atoms with Gasteiger partial charge < -0.3 is 34.6 Å². The Balaban J connectivity index is 1.44. The molecule has 6 atom stereocenters. The molecule has 0 saturated carbocycles. The number of anilines is 2. The lowest BCUT2D eigenvalue weighted by Crippen LogP contribution is -2.56. The zero-order valence-electron chi connectivity index (χ0n) is 29.2. The highest BCUT2D eigenvalue weighted by Gasteiger charge is 2.75. The molecule has 0 aliphatic carbocycles. The smallest absolute Gasteiger partial charge is 0.313 e. The average Bonchev–Trinajstić information content (AvgIpc) is 3.78. The molecule has 0 radical (unpaired) electrons. The van der Waals surface area contributed by atoms with Crippen molar-refractivity contribution in [1.82, 2.24) is 10.2 Å². The summed E-state index contributed by atoms with van der Waals surface area (Å²) in [4.78, 5) is 61.0. The zero-order valence-corrected chi connectivity index (χ0v) is 29.2. The van der Waals surface area contributed by atoms with Gasteiger partial charge in [0.25, 0.3) is 5.91 Å². The molecule has 3 heterocycles. The van der Waals surface area contributed by atoms with Crippen LogP contribution in [0.2, 0.25) is 0 Å². The Morgan fingerprint density at radius 1 is 1.08 bits per heavy atom. The molecule has 3 amide bonds. The molecule has 5 rings (SSSR count). The van der Waals surface area contributed by atoms with Crippen LogP contribution in [0.1, 0.15) is 57.6 Å². The van der Waals surface area contributed by atoms with Crippen LogP contribution in [0.5, 0.6) is 0 Å². The van der Waals surface area contributed by atoms with Crippen LogP contribution in [0.25, 0.3) is 0 Å². The molecule has 268 valence electrons. The second-order valence-corrected chi connectivity index (χ2v) is 13.1. The fourth-order valence-electron chi connectivity index (χ4n) is 7.86. The first-order valence-corrected chi connectivity index (χ1v) is 17.7. The van der Waals surface area contributed by atoms with Crippen LogP contribution in [0.15, 0.2) is 79.9 Å². The second kappa shape index (κ2) is 16.5. The van der Waals surface area contributed by atoms with Crippen LogP contribution in [0.3, 0.4) is 0 Å². The number of carbonyl (C=O) groups excluding carboxylic acids is 4. The fraction of sp³-hybridized carbons (Fsp3) is 0.487. The standard InChI is InChI=1S/C39H50N4O7/c1-5-9-16-32(45)40-26-31(27-14-11-10-12-15-27)49-38(48)33-30-21-22-39(50-30)34(33)36(46)43(24-13-25-44)35(39)37(47)42(23-6-2)29-19-17-28(18-20-29)41(7-3)8-4/h5-6,10-12,14-15,17-20,30-31,33-35,44H,1-2,7-9,13,16,21-26H2,3-4H3,(H,40,45)/t30-,31-,33+,34+,35-,39+/m1/s1. The van der Waals surface area contributed by atoms with E-state index in [1.54, 1.807) is 17.1 Å². The third kappa shape index (κ3) is 7.20. The van der Waals surface area contributed by atoms with Crippen molar-refractivity contribution in [3.63, 3.8) is 0 Å². The number of fused-ring (bicyclic) bond motifs is 1. The number of likely N-dealkylation sites (tertiary alicyclic amines) is 1. The number of aliphatic hydroxyl groups excluding tert-OH is 1. The van der Waals surface area contributed by atoms with E-state index >= 15 is 0 Å². The first-order chi connectivity index (χ1) is 24.2. The summed E-state index contributed by atoms with van der Waals surface area (Å²) in [6.45, 7) is 13.6. The van der Waals surface area contributed by atoms with Gasteiger partial charge >= 0.3 is 5.97 Å². The quantitative estimate of drug-likeness (QED) is 0.177. The van der Waals surface area contributed by atoms with E-state index in [1.165, 1.54) is 4.90 Å². The minimum Gasteiger partial charge on any atom is -0.455 e. The van der Waals surface area contributed by atoms with Crippen LogP contribution in [0.4, 0.5) is 11.4 Å². The van der Waals surface area contributed by atoms with Gasteiger partial charge in [-0.15, -0.1) is 13.2 Å². The molecule has 3 saturated heterocycles. The summed E-state index contributed by atoms with van der Waals surface area (Å²) in [6.07, 6.45) is 3.86. The van der Waals surface area contributed by atoms with Crippen LogP contribution in [0, 0.1) is 11.8 Å². The Morgan fingerprint density at radius 2 is 1.78 bits per heavy atom. The number of allylic oxidation sites excluding steroid dienone is 1. The number of ether oxygens (including phenoxy) is 2. The first-order valence-electron chi connectivity index (χ1n) is 17.7. The molecule has 2 aromatic carbocycles. The van der Waals surface area contributed by atoms with Crippen molar-refractivity contribution in [2.45, 2.75) is 69.8 Å². The number of rotatable bonds is 18. The molecule has 3 aliphatic rings.